The average molecular weight is 476 g/mol. The predicted octanol–water partition coefficient (Wildman–Crippen LogP) is 7.48. The summed E-state index contributed by atoms with van der Waals surface area (Å²) in [4.78, 5) is 13.1. The Balaban J connectivity index is 1.56. The molecule has 1 saturated carbocycles. The third-order valence-corrected chi connectivity index (χ3v) is 7.28. The van der Waals surface area contributed by atoms with Crippen LogP contribution < -0.4 is 5.73 Å². The van der Waals surface area contributed by atoms with Gasteiger partial charge in [-0.15, -0.1) is 0 Å². The largest absolute Gasteiger partial charge is 0.382 e. The molecule has 33 heavy (non-hydrogen) atoms. The van der Waals surface area contributed by atoms with Gasteiger partial charge in [0.15, 0.2) is 0 Å². The molecule has 3 aromatic heterocycles. The van der Waals surface area contributed by atoms with E-state index in [2.05, 4.69) is 32.6 Å². The molecule has 0 amide bonds. The highest BCUT2D eigenvalue weighted by atomic mass is 35.5. The van der Waals surface area contributed by atoms with E-state index in [1.807, 2.05) is 24.4 Å². The van der Waals surface area contributed by atoms with Crippen molar-refractivity contribution in [3.8, 4) is 22.5 Å². The van der Waals surface area contributed by atoms with E-state index in [4.69, 9.17) is 33.9 Å². The minimum atomic E-state index is 0.437. The minimum absolute atomic E-state index is 0.437. The van der Waals surface area contributed by atoms with Gasteiger partial charge in [-0.2, -0.15) is 0 Å². The number of nitrogens with two attached hydrogens (primary N) is 1. The molecule has 3 heterocycles. The van der Waals surface area contributed by atoms with Crippen LogP contribution in [0.5, 0.6) is 0 Å². The van der Waals surface area contributed by atoms with Crippen molar-refractivity contribution >= 4 is 45.4 Å². The Morgan fingerprint density at radius 1 is 1.00 bits per heavy atom. The number of nitrogens with zero attached hydrogens (tertiary/aromatic N) is 3. The molecular weight excluding hydrogens is 453 g/mol. The number of aromatic amines is 1. The van der Waals surface area contributed by atoms with E-state index < -0.39 is 0 Å². The van der Waals surface area contributed by atoms with E-state index in [1.54, 1.807) is 12.3 Å². The van der Waals surface area contributed by atoms with Crippen LogP contribution >= 0.6 is 23.2 Å². The highest BCUT2D eigenvalue weighted by Gasteiger charge is 2.25. The Morgan fingerprint density at radius 3 is 2.70 bits per heavy atom. The summed E-state index contributed by atoms with van der Waals surface area (Å²) >= 11 is 12.8. The Hall–Kier alpha value is -3.02. The zero-order chi connectivity index (χ0) is 22.5. The van der Waals surface area contributed by atoms with Crippen LogP contribution in [0.15, 0.2) is 54.9 Å². The second-order valence-corrected chi connectivity index (χ2v) is 9.61. The number of hydrogen-bond acceptors (Lipinski definition) is 3. The van der Waals surface area contributed by atoms with Crippen molar-refractivity contribution in [1.29, 1.82) is 0 Å². The molecule has 6 rings (SSSR count). The zero-order valence-corrected chi connectivity index (χ0v) is 19.5. The molecule has 1 aliphatic rings. The van der Waals surface area contributed by atoms with E-state index in [9.17, 15) is 0 Å². The minimum Gasteiger partial charge on any atom is -0.382 e. The maximum atomic E-state index is 6.53. The van der Waals surface area contributed by atoms with Crippen molar-refractivity contribution in [3.05, 3.63) is 70.7 Å². The predicted molar refractivity (Wildman–Crippen MR) is 136 cm³/mol. The van der Waals surface area contributed by atoms with Crippen LogP contribution in [0.2, 0.25) is 10.0 Å². The number of imidazole rings is 1. The van der Waals surface area contributed by atoms with Gasteiger partial charge in [-0.3, -0.25) is 4.40 Å². The average Bonchev–Trinajstić information content (AvgIpc) is 3.44. The third-order valence-electron chi connectivity index (χ3n) is 6.71. The third kappa shape index (κ3) is 3.47. The lowest BCUT2D eigenvalue weighted by Crippen LogP contribution is -2.09. The number of aromatic nitrogens is 4. The highest BCUT2D eigenvalue weighted by molar-refractivity contribution is 6.35. The van der Waals surface area contributed by atoms with Crippen molar-refractivity contribution in [3.63, 3.8) is 0 Å². The van der Waals surface area contributed by atoms with E-state index in [0.717, 1.165) is 57.6 Å². The van der Waals surface area contributed by atoms with Crippen LogP contribution in [0, 0.1) is 0 Å². The molecule has 0 aliphatic heterocycles. The zero-order valence-electron chi connectivity index (χ0n) is 18.0. The lowest BCUT2D eigenvalue weighted by molar-refractivity contribution is 0.428. The first-order valence-corrected chi connectivity index (χ1v) is 12.1. The van der Waals surface area contributed by atoms with E-state index >= 15 is 0 Å². The molecule has 0 saturated heterocycles. The Morgan fingerprint density at radius 2 is 1.85 bits per heavy atom. The number of para-hydroxylation sites is 1. The van der Waals surface area contributed by atoms with Crippen LogP contribution in [-0.2, 0) is 0 Å². The molecule has 1 aliphatic carbocycles. The molecule has 0 spiro atoms. The first kappa shape index (κ1) is 20.6. The summed E-state index contributed by atoms with van der Waals surface area (Å²) in [6, 6.07) is 13.8. The van der Waals surface area contributed by atoms with Gasteiger partial charge < -0.3 is 10.7 Å². The number of halogens is 2. The molecule has 5 aromatic rings. The summed E-state index contributed by atoms with van der Waals surface area (Å²) < 4.78 is 2.13. The van der Waals surface area contributed by atoms with Gasteiger partial charge in [-0.25, -0.2) is 9.97 Å². The number of benzene rings is 2. The molecule has 0 radical (unpaired) electrons. The Kier molecular flexibility index (Phi) is 5.04. The second kappa shape index (κ2) is 8.08. The molecule has 0 atom stereocenters. The van der Waals surface area contributed by atoms with E-state index in [0.29, 0.717) is 21.8 Å². The van der Waals surface area contributed by atoms with Gasteiger partial charge in [-0.05, 0) is 37.1 Å². The van der Waals surface area contributed by atoms with Crippen molar-refractivity contribution in [2.45, 2.75) is 38.0 Å². The fraction of sp³-hybridized carbons (Fsp3) is 0.231. The number of rotatable bonds is 3. The topological polar surface area (TPSA) is 72.0 Å². The summed E-state index contributed by atoms with van der Waals surface area (Å²) in [7, 11) is 0. The van der Waals surface area contributed by atoms with Crippen LogP contribution in [0.4, 0.5) is 5.82 Å². The van der Waals surface area contributed by atoms with Crippen molar-refractivity contribution in [2.75, 3.05) is 5.73 Å². The van der Waals surface area contributed by atoms with Crippen LogP contribution in [0.3, 0.4) is 0 Å². The second-order valence-electron chi connectivity index (χ2n) is 8.76. The van der Waals surface area contributed by atoms with Crippen molar-refractivity contribution < 1.29 is 0 Å². The van der Waals surface area contributed by atoms with E-state index in [-0.39, 0.29) is 0 Å². The van der Waals surface area contributed by atoms with Crippen LogP contribution in [-0.4, -0.2) is 19.4 Å². The molecule has 0 bridgehead atoms. The molecule has 0 unspecified atom stereocenters. The smallest absolute Gasteiger partial charge is 0.150 e. The lowest BCUT2D eigenvalue weighted by atomic mass is 9.89. The number of nitrogen functional groups attached to an aromatic ring is 1. The monoisotopic (exact) mass is 475 g/mol. The van der Waals surface area contributed by atoms with Gasteiger partial charge in [0.1, 0.15) is 22.9 Å². The molecule has 2 aromatic carbocycles. The molecule has 5 nitrogen and oxygen atoms in total. The molecule has 7 heteroatoms. The maximum absolute atomic E-state index is 6.53. The first-order valence-electron chi connectivity index (χ1n) is 11.3. The van der Waals surface area contributed by atoms with Gasteiger partial charge in [0.05, 0.1) is 11.2 Å². The van der Waals surface area contributed by atoms with Crippen LogP contribution in [0.1, 0.15) is 43.8 Å². The number of hydrogen-bond donors (Lipinski definition) is 2. The number of anilines is 1. The summed E-state index contributed by atoms with van der Waals surface area (Å²) in [6.07, 6.45) is 9.83. The molecule has 3 N–H and O–H groups in total. The molecule has 1 fully saturated rings. The summed E-state index contributed by atoms with van der Waals surface area (Å²) in [5.41, 5.74) is 11.8. The summed E-state index contributed by atoms with van der Waals surface area (Å²) in [6.45, 7) is 0. The van der Waals surface area contributed by atoms with Gasteiger partial charge in [-0.1, -0.05) is 60.7 Å². The van der Waals surface area contributed by atoms with Gasteiger partial charge in [0.25, 0.3) is 0 Å². The van der Waals surface area contributed by atoms with Gasteiger partial charge in [0, 0.05) is 44.9 Å². The van der Waals surface area contributed by atoms with E-state index in [1.165, 1.54) is 19.3 Å². The number of fused-ring (bicyclic) bond motifs is 2. The normalized spacial score (nSPS) is 15.0. The Labute approximate surface area is 201 Å². The summed E-state index contributed by atoms with van der Waals surface area (Å²) in [5, 5.41) is 2.37. The fourth-order valence-corrected chi connectivity index (χ4v) is 5.53. The quantitative estimate of drug-likeness (QED) is 0.284. The fourth-order valence-electron chi connectivity index (χ4n) is 5.14. The maximum Gasteiger partial charge on any atom is 0.150 e. The van der Waals surface area contributed by atoms with Crippen molar-refractivity contribution in [2.24, 2.45) is 0 Å². The SMILES string of the molecule is Nc1nccn2c(C3CCCCC3)nc(-c3cc4cccc(-c5cc(Cl)ccc5Cl)c4[nH]3)c12. The lowest BCUT2D eigenvalue weighted by Gasteiger charge is -2.20. The van der Waals surface area contributed by atoms with Crippen molar-refractivity contribution in [1.82, 2.24) is 19.4 Å². The number of nitrogens with one attached hydrogen (secondary N) is 1. The number of H-pyrrole nitrogens is 1. The standard InChI is InChI=1S/C26H23Cl2N5/c27-17-9-10-20(28)19(14-17)18-8-4-7-16-13-21(31-22(16)18)23-24-25(29)30-11-12-33(24)26(32-23)15-5-2-1-3-6-15/h4,7-15,31H,1-3,5-6H2,(H2,29,30). The molecular formula is C26H23Cl2N5. The highest BCUT2D eigenvalue weighted by Crippen LogP contribution is 2.39. The molecule has 166 valence electrons. The van der Waals surface area contributed by atoms with Gasteiger partial charge in [0.2, 0.25) is 0 Å². The van der Waals surface area contributed by atoms with Crippen LogP contribution in [0.25, 0.3) is 38.9 Å². The summed E-state index contributed by atoms with van der Waals surface area (Å²) in [5.74, 6) is 2.00. The van der Waals surface area contributed by atoms with Gasteiger partial charge >= 0.3 is 0 Å². The first-order chi connectivity index (χ1) is 16.1. The Bertz CT molecular complexity index is 1490.